The van der Waals surface area contributed by atoms with E-state index in [0.29, 0.717) is 22.7 Å². The van der Waals surface area contributed by atoms with E-state index in [-0.39, 0.29) is 34.9 Å². The van der Waals surface area contributed by atoms with Crippen LogP contribution in [-0.4, -0.2) is 18.6 Å². The second kappa shape index (κ2) is 8.65. The van der Waals surface area contributed by atoms with Crippen LogP contribution in [0.5, 0.6) is 11.5 Å². The fourth-order valence-electron chi connectivity index (χ4n) is 2.99. The number of benzene rings is 3. The minimum atomic E-state index is -0.460. The molecule has 2 N–H and O–H groups in total. The fraction of sp³-hybridized carbons (Fsp3) is 0.0909. The molecule has 0 radical (unpaired) electrons. The van der Waals surface area contributed by atoms with E-state index in [4.69, 9.17) is 32.7 Å². The summed E-state index contributed by atoms with van der Waals surface area (Å²) in [6.07, 6.45) is 0. The normalized spacial score (nSPS) is 11.8. The molecule has 3 aromatic rings. The zero-order valence-electron chi connectivity index (χ0n) is 15.6. The minimum absolute atomic E-state index is 0.154. The summed E-state index contributed by atoms with van der Waals surface area (Å²) >= 11 is 12.1. The molecule has 3 aromatic carbocycles. The molecule has 0 unspecified atom stereocenters. The smallest absolute Gasteiger partial charge is 0.257 e. The number of nitrogens with one attached hydrogen (secondary N) is 2. The highest BCUT2D eigenvalue weighted by Crippen LogP contribution is 2.32. The summed E-state index contributed by atoms with van der Waals surface area (Å²) in [5.41, 5.74) is 1.77. The summed E-state index contributed by atoms with van der Waals surface area (Å²) in [4.78, 5) is 25.4. The van der Waals surface area contributed by atoms with Gasteiger partial charge in [-0.2, -0.15) is 0 Å². The molecule has 0 bridgehead atoms. The third-order valence-corrected chi connectivity index (χ3v) is 5.33. The van der Waals surface area contributed by atoms with E-state index in [1.54, 1.807) is 48.5 Å². The largest absolute Gasteiger partial charge is 0.454 e. The molecule has 2 amide bonds. The van der Waals surface area contributed by atoms with Crippen LogP contribution in [0, 0.1) is 0 Å². The highest BCUT2D eigenvalue weighted by molar-refractivity contribution is 6.44. The number of carbonyl (C=O) groups is 2. The van der Waals surface area contributed by atoms with Crippen molar-refractivity contribution >= 4 is 40.7 Å². The molecule has 0 spiro atoms. The molecular weight excluding hydrogens is 427 g/mol. The summed E-state index contributed by atoms with van der Waals surface area (Å²) in [6, 6.07) is 17.0. The van der Waals surface area contributed by atoms with Crippen LogP contribution in [-0.2, 0) is 6.54 Å². The van der Waals surface area contributed by atoms with Gasteiger partial charge in [0.2, 0.25) is 6.79 Å². The number of ether oxygens (including phenoxy) is 2. The van der Waals surface area contributed by atoms with E-state index in [9.17, 15) is 9.59 Å². The van der Waals surface area contributed by atoms with Gasteiger partial charge in [0.25, 0.3) is 11.8 Å². The van der Waals surface area contributed by atoms with E-state index in [0.717, 1.165) is 5.56 Å². The number of rotatable bonds is 5. The Morgan fingerprint density at radius 2 is 1.63 bits per heavy atom. The lowest BCUT2D eigenvalue weighted by molar-refractivity contribution is 0.0951. The maximum Gasteiger partial charge on any atom is 0.257 e. The number of para-hydroxylation sites is 1. The number of anilines is 1. The highest BCUT2D eigenvalue weighted by atomic mass is 35.5. The maximum atomic E-state index is 12.7. The molecule has 1 aliphatic heterocycles. The summed E-state index contributed by atoms with van der Waals surface area (Å²) in [7, 11) is 0. The average Bonchev–Trinajstić information content (AvgIpc) is 3.22. The topological polar surface area (TPSA) is 76.7 Å². The lowest BCUT2D eigenvalue weighted by Crippen LogP contribution is -2.25. The van der Waals surface area contributed by atoms with Gasteiger partial charge in [-0.25, -0.2) is 0 Å². The average molecular weight is 443 g/mol. The van der Waals surface area contributed by atoms with Crippen LogP contribution in [0.25, 0.3) is 0 Å². The van der Waals surface area contributed by atoms with Crippen molar-refractivity contribution in [3.05, 3.63) is 87.4 Å². The van der Waals surface area contributed by atoms with Gasteiger partial charge in [-0.05, 0) is 42.0 Å². The molecule has 0 atom stereocenters. The first kappa shape index (κ1) is 20.1. The Bertz CT molecular complexity index is 1130. The van der Waals surface area contributed by atoms with Crippen molar-refractivity contribution in [2.24, 2.45) is 0 Å². The van der Waals surface area contributed by atoms with Crippen LogP contribution in [0.4, 0.5) is 5.69 Å². The molecule has 4 rings (SSSR count). The van der Waals surface area contributed by atoms with E-state index < -0.39 is 5.91 Å². The number of halogens is 2. The van der Waals surface area contributed by atoms with Crippen molar-refractivity contribution in [1.29, 1.82) is 0 Å². The second-order valence-electron chi connectivity index (χ2n) is 6.47. The first-order chi connectivity index (χ1) is 14.5. The van der Waals surface area contributed by atoms with Crippen LogP contribution >= 0.6 is 23.2 Å². The van der Waals surface area contributed by atoms with Gasteiger partial charge in [0.1, 0.15) is 0 Å². The number of hydrogen-bond donors (Lipinski definition) is 2. The first-order valence-corrected chi connectivity index (χ1v) is 9.79. The molecule has 0 saturated carbocycles. The third-order valence-electron chi connectivity index (χ3n) is 4.51. The monoisotopic (exact) mass is 442 g/mol. The van der Waals surface area contributed by atoms with Crippen LogP contribution in [0.2, 0.25) is 10.0 Å². The van der Waals surface area contributed by atoms with Crippen molar-refractivity contribution in [3.63, 3.8) is 0 Å². The number of fused-ring (bicyclic) bond motifs is 1. The SMILES string of the molecule is O=C(NCc1ccc2c(c1)OCO2)c1ccccc1NC(=O)c1cccc(Cl)c1Cl. The van der Waals surface area contributed by atoms with E-state index in [2.05, 4.69) is 10.6 Å². The Hall–Kier alpha value is -3.22. The minimum Gasteiger partial charge on any atom is -0.454 e. The molecular formula is C22H16Cl2N2O4. The fourth-order valence-corrected chi connectivity index (χ4v) is 3.37. The molecule has 0 aliphatic carbocycles. The molecule has 8 heteroatoms. The van der Waals surface area contributed by atoms with Crippen LogP contribution in [0.15, 0.2) is 60.7 Å². The number of hydrogen-bond acceptors (Lipinski definition) is 4. The predicted molar refractivity (Wildman–Crippen MR) is 115 cm³/mol. The van der Waals surface area contributed by atoms with Crippen LogP contribution in [0.1, 0.15) is 26.3 Å². The zero-order valence-corrected chi connectivity index (χ0v) is 17.1. The van der Waals surface area contributed by atoms with Crippen molar-refractivity contribution in [3.8, 4) is 11.5 Å². The Morgan fingerprint density at radius 1 is 0.867 bits per heavy atom. The van der Waals surface area contributed by atoms with Gasteiger partial charge >= 0.3 is 0 Å². The summed E-state index contributed by atoms with van der Waals surface area (Å²) in [5, 5.41) is 6.01. The van der Waals surface area contributed by atoms with Gasteiger partial charge < -0.3 is 20.1 Å². The maximum absolute atomic E-state index is 12.7. The van der Waals surface area contributed by atoms with Crippen molar-refractivity contribution in [2.45, 2.75) is 6.54 Å². The Morgan fingerprint density at radius 3 is 2.50 bits per heavy atom. The molecule has 1 heterocycles. The number of carbonyl (C=O) groups excluding carboxylic acids is 2. The molecule has 0 aromatic heterocycles. The zero-order chi connectivity index (χ0) is 21.1. The molecule has 30 heavy (non-hydrogen) atoms. The van der Waals surface area contributed by atoms with Crippen LogP contribution in [0.3, 0.4) is 0 Å². The molecule has 0 saturated heterocycles. The van der Waals surface area contributed by atoms with E-state index >= 15 is 0 Å². The summed E-state index contributed by atoms with van der Waals surface area (Å²) in [6.45, 7) is 0.479. The van der Waals surface area contributed by atoms with Gasteiger partial charge in [0.05, 0.1) is 26.9 Å². The van der Waals surface area contributed by atoms with E-state index in [1.165, 1.54) is 0 Å². The first-order valence-electron chi connectivity index (χ1n) is 9.04. The molecule has 1 aliphatic rings. The third kappa shape index (κ3) is 4.20. The predicted octanol–water partition coefficient (Wildman–Crippen LogP) is 4.90. The van der Waals surface area contributed by atoms with Gasteiger partial charge in [0, 0.05) is 6.54 Å². The highest BCUT2D eigenvalue weighted by Gasteiger charge is 2.18. The van der Waals surface area contributed by atoms with Gasteiger partial charge in [-0.15, -0.1) is 0 Å². The van der Waals surface area contributed by atoms with Crippen LogP contribution < -0.4 is 20.1 Å². The van der Waals surface area contributed by atoms with Gasteiger partial charge in [-0.3, -0.25) is 9.59 Å². The molecule has 152 valence electrons. The summed E-state index contributed by atoms with van der Waals surface area (Å²) in [5.74, 6) is 0.532. The van der Waals surface area contributed by atoms with Crippen molar-refractivity contribution < 1.29 is 19.1 Å². The second-order valence-corrected chi connectivity index (χ2v) is 7.26. The van der Waals surface area contributed by atoms with Crippen molar-refractivity contribution in [1.82, 2.24) is 5.32 Å². The molecule has 6 nitrogen and oxygen atoms in total. The van der Waals surface area contributed by atoms with Gasteiger partial charge in [-0.1, -0.05) is 47.5 Å². The Kier molecular flexibility index (Phi) is 5.79. The number of amides is 2. The Balaban J connectivity index is 1.48. The van der Waals surface area contributed by atoms with Gasteiger partial charge in [0.15, 0.2) is 11.5 Å². The Labute approximate surface area is 182 Å². The summed E-state index contributed by atoms with van der Waals surface area (Å²) < 4.78 is 10.6. The van der Waals surface area contributed by atoms with E-state index in [1.807, 2.05) is 12.1 Å². The lowest BCUT2D eigenvalue weighted by Gasteiger charge is -2.12. The quantitative estimate of drug-likeness (QED) is 0.588. The lowest BCUT2D eigenvalue weighted by atomic mass is 10.1. The standard InChI is InChI=1S/C22H16Cl2N2O4/c23-16-6-3-5-15(20(16)24)22(28)26-17-7-2-1-4-14(17)21(27)25-11-13-8-9-18-19(10-13)30-12-29-18/h1-10H,11-12H2,(H,25,27)(H,26,28). The molecule has 0 fully saturated rings. The van der Waals surface area contributed by atoms with Crippen molar-refractivity contribution in [2.75, 3.05) is 12.1 Å².